The van der Waals surface area contributed by atoms with Crippen LogP contribution in [0.25, 0.3) is 11.5 Å². The maximum absolute atomic E-state index is 12.1. The highest BCUT2D eigenvalue weighted by Gasteiger charge is 2.12. The molecule has 2 aromatic rings. The summed E-state index contributed by atoms with van der Waals surface area (Å²) in [5.74, 6) is 1.38. The Morgan fingerprint density at radius 2 is 1.36 bits per heavy atom. The lowest BCUT2D eigenvalue weighted by atomic mass is 10.1. The summed E-state index contributed by atoms with van der Waals surface area (Å²) in [6.07, 6.45) is 13.7. The first-order valence-corrected chi connectivity index (χ1v) is 12.6. The molecule has 0 fully saturated rings. The number of hydrogen-bond donors (Lipinski definition) is 0. The van der Waals surface area contributed by atoms with E-state index in [2.05, 4.69) is 19.1 Å². The quantitative estimate of drug-likeness (QED) is 0.353. The Balaban J connectivity index is 1.74. The van der Waals surface area contributed by atoms with Gasteiger partial charge in [-0.3, -0.25) is 9.59 Å². The highest BCUT2D eigenvalue weighted by Crippen LogP contribution is 2.17. The van der Waals surface area contributed by atoms with Gasteiger partial charge in [0.1, 0.15) is 5.69 Å². The maximum Gasteiger partial charge on any atom is 0.222 e. The molecule has 0 radical (unpaired) electrons. The van der Waals surface area contributed by atoms with Crippen molar-refractivity contribution >= 4 is 11.8 Å². The SMILES string of the molecule is CCN(CC)C(=O)CCCCCn1ccnc1-c1cn(CCCCC(=O)N(CC)CC)cn1. The number of amides is 2. The molecule has 2 amide bonds. The Hall–Kier alpha value is -2.64. The van der Waals surface area contributed by atoms with Gasteiger partial charge in [-0.2, -0.15) is 0 Å². The van der Waals surface area contributed by atoms with Crippen molar-refractivity contribution in [3.8, 4) is 11.5 Å². The fourth-order valence-corrected chi connectivity index (χ4v) is 4.10. The Morgan fingerprint density at radius 3 is 1.97 bits per heavy atom. The molecule has 8 nitrogen and oxygen atoms in total. The van der Waals surface area contributed by atoms with Crippen molar-refractivity contribution in [1.29, 1.82) is 0 Å². The molecule has 0 aromatic carbocycles. The molecule has 0 bridgehead atoms. The molecule has 0 N–H and O–H groups in total. The van der Waals surface area contributed by atoms with Crippen LogP contribution in [0, 0.1) is 0 Å². The molecule has 0 aliphatic heterocycles. The van der Waals surface area contributed by atoms with Crippen LogP contribution in [0.4, 0.5) is 0 Å². The summed E-state index contributed by atoms with van der Waals surface area (Å²) in [5, 5.41) is 0. The van der Waals surface area contributed by atoms with E-state index < -0.39 is 0 Å². The Morgan fingerprint density at radius 1 is 0.788 bits per heavy atom. The van der Waals surface area contributed by atoms with Crippen molar-refractivity contribution in [2.75, 3.05) is 26.2 Å². The lowest BCUT2D eigenvalue weighted by molar-refractivity contribution is -0.131. The van der Waals surface area contributed by atoms with Gasteiger partial charge in [0, 0.05) is 70.7 Å². The number of imidazole rings is 2. The standard InChI is InChI=1S/C25H42N6O2/c1-5-29(6-2)23(32)14-10-9-12-18-31-19-16-26-25(31)22-20-28(21-27-22)17-13-11-15-24(33)30(7-3)8-4/h16,19-21H,5-15,17-18H2,1-4H3. The number of carbonyl (C=O) groups is 2. The molecule has 0 spiro atoms. The van der Waals surface area contributed by atoms with Gasteiger partial charge in [0.25, 0.3) is 0 Å². The van der Waals surface area contributed by atoms with E-state index in [1.165, 1.54) is 0 Å². The topological polar surface area (TPSA) is 76.3 Å². The summed E-state index contributed by atoms with van der Waals surface area (Å²) in [5.41, 5.74) is 0.871. The van der Waals surface area contributed by atoms with Crippen molar-refractivity contribution in [2.24, 2.45) is 0 Å². The third kappa shape index (κ3) is 8.33. The summed E-state index contributed by atoms with van der Waals surface area (Å²) in [6, 6.07) is 0. The van der Waals surface area contributed by atoms with Crippen molar-refractivity contribution in [2.45, 2.75) is 85.7 Å². The van der Waals surface area contributed by atoms with Gasteiger partial charge in [-0.1, -0.05) is 6.42 Å². The molecule has 0 unspecified atom stereocenters. The van der Waals surface area contributed by atoms with Crippen LogP contribution in [-0.4, -0.2) is 66.9 Å². The number of aromatic nitrogens is 4. The van der Waals surface area contributed by atoms with E-state index in [0.717, 1.165) is 82.9 Å². The zero-order valence-electron chi connectivity index (χ0n) is 21.0. The van der Waals surface area contributed by atoms with E-state index >= 15 is 0 Å². The van der Waals surface area contributed by atoms with Crippen molar-refractivity contribution in [3.63, 3.8) is 0 Å². The number of hydrogen-bond acceptors (Lipinski definition) is 4. The second kappa shape index (κ2) is 14.5. The third-order valence-corrected chi connectivity index (χ3v) is 6.16. The van der Waals surface area contributed by atoms with Gasteiger partial charge in [0.2, 0.25) is 11.8 Å². The summed E-state index contributed by atoms with van der Waals surface area (Å²) in [7, 11) is 0. The molecule has 8 heteroatoms. The predicted octanol–water partition coefficient (Wildman–Crippen LogP) is 4.21. The Bertz CT molecular complexity index is 836. The molecule has 0 saturated heterocycles. The van der Waals surface area contributed by atoms with E-state index in [0.29, 0.717) is 12.8 Å². The van der Waals surface area contributed by atoms with Crippen LogP contribution in [0.5, 0.6) is 0 Å². The van der Waals surface area contributed by atoms with Gasteiger partial charge in [-0.15, -0.1) is 0 Å². The monoisotopic (exact) mass is 458 g/mol. The lowest BCUT2D eigenvalue weighted by Crippen LogP contribution is -2.30. The molecule has 0 saturated carbocycles. The molecular weight excluding hydrogens is 416 g/mol. The average Bonchev–Trinajstić information content (AvgIpc) is 3.47. The minimum absolute atomic E-state index is 0.241. The normalized spacial score (nSPS) is 11.0. The number of unbranched alkanes of at least 4 members (excludes halogenated alkanes) is 3. The lowest BCUT2D eigenvalue weighted by Gasteiger charge is -2.18. The fraction of sp³-hybridized carbons (Fsp3) is 0.680. The maximum atomic E-state index is 12.1. The predicted molar refractivity (Wildman–Crippen MR) is 132 cm³/mol. The highest BCUT2D eigenvalue weighted by molar-refractivity contribution is 5.76. The number of nitrogens with zero attached hydrogens (tertiary/aromatic N) is 6. The van der Waals surface area contributed by atoms with Crippen LogP contribution in [0.2, 0.25) is 0 Å². The molecule has 2 heterocycles. The van der Waals surface area contributed by atoms with E-state index in [9.17, 15) is 9.59 Å². The van der Waals surface area contributed by atoms with Crippen LogP contribution in [0.1, 0.15) is 72.6 Å². The largest absolute Gasteiger partial charge is 0.343 e. The molecule has 2 rings (SSSR count). The van der Waals surface area contributed by atoms with Gasteiger partial charge in [-0.05, 0) is 53.4 Å². The van der Waals surface area contributed by atoms with Crippen LogP contribution in [0.3, 0.4) is 0 Å². The van der Waals surface area contributed by atoms with Crippen LogP contribution in [-0.2, 0) is 22.7 Å². The summed E-state index contributed by atoms with van der Waals surface area (Å²) in [4.78, 5) is 37.1. The number of rotatable bonds is 16. The van der Waals surface area contributed by atoms with Gasteiger partial charge < -0.3 is 18.9 Å². The fourth-order valence-electron chi connectivity index (χ4n) is 4.10. The molecule has 0 aliphatic rings. The molecule has 184 valence electrons. The Kier molecular flexibility index (Phi) is 11.7. The van der Waals surface area contributed by atoms with E-state index in [1.807, 2.05) is 62.4 Å². The van der Waals surface area contributed by atoms with Gasteiger partial charge in [-0.25, -0.2) is 9.97 Å². The summed E-state index contributed by atoms with van der Waals surface area (Å²) < 4.78 is 4.22. The Labute approximate surface area is 199 Å². The van der Waals surface area contributed by atoms with Crippen molar-refractivity contribution < 1.29 is 9.59 Å². The first-order valence-electron chi connectivity index (χ1n) is 12.6. The van der Waals surface area contributed by atoms with Gasteiger partial charge >= 0.3 is 0 Å². The zero-order valence-corrected chi connectivity index (χ0v) is 21.0. The van der Waals surface area contributed by atoms with E-state index in [1.54, 1.807) is 0 Å². The van der Waals surface area contributed by atoms with Crippen LogP contribution in [0.15, 0.2) is 24.9 Å². The van der Waals surface area contributed by atoms with E-state index in [4.69, 9.17) is 0 Å². The molecule has 0 atom stereocenters. The zero-order chi connectivity index (χ0) is 24.1. The second-order valence-corrected chi connectivity index (χ2v) is 8.34. The first kappa shape index (κ1) is 26.6. The average molecular weight is 459 g/mol. The minimum atomic E-state index is 0.241. The second-order valence-electron chi connectivity index (χ2n) is 8.34. The minimum Gasteiger partial charge on any atom is -0.343 e. The van der Waals surface area contributed by atoms with Gasteiger partial charge in [0.05, 0.1) is 6.33 Å². The highest BCUT2D eigenvalue weighted by atomic mass is 16.2. The van der Waals surface area contributed by atoms with Crippen LogP contribution < -0.4 is 0 Å². The van der Waals surface area contributed by atoms with Crippen LogP contribution >= 0.6 is 0 Å². The van der Waals surface area contributed by atoms with Crippen molar-refractivity contribution in [3.05, 3.63) is 24.9 Å². The molecule has 0 aliphatic carbocycles. The number of carbonyl (C=O) groups excluding carboxylic acids is 2. The summed E-state index contributed by atoms with van der Waals surface area (Å²) >= 11 is 0. The first-order chi connectivity index (χ1) is 16.0. The third-order valence-electron chi connectivity index (χ3n) is 6.16. The number of aryl methyl sites for hydroxylation is 2. The van der Waals surface area contributed by atoms with Gasteiger partial charge in [0.15, 0.2) is 5.82 Å². The summed E-state index contributed by atoms with van der Waals surface area (Å²) in [6.45, 7) is 12.9. The molecular formula is C25H42N6O2. The smallest absolute Gasteiger partial charge is 0.222 e. The molecule has 33 heavy (non-hydrogen) atoms. The molecule has 2 aromatic heterocycles. The van der Waals surface area contributed by atoms with Crippen molar-refractivity contribution in [1.82, 2.24) is 28.9 Å². The van der Waals surface area contributed by atoms with E-state index in [-0.39, 0.29) is 11.8 Å².